The lowest BCUT2D eigenvalue weighted by Gasteiger charge is -1.96. The molecule has 26 heavy (non-hydrogen) atoms. The van der Waals surface area contributed by atoms with Crippen molar-refractivity contribution in [1.82, 2.24) is 18.8 Å². The Bertz CT molecular complexity index is 992. The van der Waals surface area contributed by atoms with Crippen LogP contribution >= 0.6 is 22.6 Å². The molecule has 0 aliphatic carbocycles. The van der Waals surface area contributed by atoms with Gasteiger partial charge in [-0.1, -0.05) is 0 Å². The number of pyridine rings is 2. The molecule has 6 nitrogen and oxygen atoms in total. The van der Waals surface area contributed by atoms with Crippen LogP contribution in [0, 0.1) is 22.3 Å². The van der Waals surface area contributed by atoms with Gasteiger partial charge in [0.2, 0.25) is 0 Å². The lowest BCUT2D eigenvalue weighted by Crippen LogP contribution is -1.94. The van der Waals surface area contributed by atoms with Gasteiger partial charge in [0.05, 0.1) is 16.7 Å². The Kier molecular flexibility index (Phi) is 5.49. The van der Waals surface area contributed by atoms with Crippen LogP contribution in [-0.2, 0) is 13.2 Å². The number of nitrogens with zero attached hydrogens (tertiary/aromatic N) is 4. The largest absolute Gasteiger partial charge is 0.388 e. The summed E-state index contributed by atoms with van der Waals surface area (Å²) in [6, 6.07) is 6.05. The maximum atomic E-state index is 12.8. The van der Waals surface area contributed by atoms with Crippen molar-refractivity contribution >= 4 is 33.6 Å². The molecule has 0 aliphatic heterocycles. The third kappa shape index (κ3) is 3.55. The van der Waals surface area contributed by atoms with Gasteiger partial charge in [-0.05, 0) is 53.8 Å². The van der Waals surface area contributed by atoms with Gasteiger partial charge in [-0.3, -0.25) is 8.80 Å². The van der Waals surface area contributed by atoms with Gasteiger partial charge in [-0.2, -0.15) is 0 Å². The minimum absolute atomic E-state index is 0.182. The second kappa shape index (κ2) is 7.64. The highest BCUT2D eigenvalue weighted by molar-refractivity contribution is 14.1. The Morgan fingerprint density at radius 1 is 0.885 bits per heavy atom. The number of rotatable bonds is 2. The van der Waals surface area contributed by atoms with E-state index in [0.717, 1.165) is 20.4 Å². The molecule has 2 N–H and O–H groups in total. The van der Waals surface area contributed by atoms with E-state index >= 15 is 0 Å². The van der Waals surface area contributed by atoms with E-state index in [2.05, 4.69) is 9.97 Å². The second-order valence-corrected chi connectivity index (χ2v) is 6.48. The molecule has 4 heterocycles. The Hall–Kier alpha value is -2.11. The van der Waals surface area contributed by atoms with Crippen LogP contribution in [0.15, 0.2) is 36.7 Å². The molecule has 136 valence electrons. The molecule has 4 rings (SSSR count). The summed E-state index contributed by atoms with van der Waals surface area (Å²) in [6.07, 6.45) is 2.64. The number of imidazole rings is 2. The van der Waals surface area contributed by atoms with Crippen molar-refractivity contribution in [3.8, 4) is 0 Å². The van der Waals surface area contributed by atoms with E-state index in [0.29, 0.717) is 11.6 Å². The number of aliphatic hydroxyl groups is 2. The van der Waals surface area contributed by atoms with Gasteiger partial charge >= 0.3 is 0 Å². The molecule has 0 saturated heterocycles. The summed E-state index contributed by atoms with van der Waals surface area (Å²) in [6.45, 7) is 1.46. The molecule has 0 amide bonds. The van der Waals surface area contributed by atoms with Crippen molar-refractivity contribution in [2.45, 2.75) is 20.1 Å². The average Bonchev–Trinajstić information content (AvgIpc) is 3.11. The van der Waals surface area contributed by atoms with E-state index in [1.807, 2.05) is 29.5 Å². The van der Waals surface area contributed by atoms with Crippen molar-refractivity contribution in [3.05, 3.63) is 69.3 Å². The SMILES string of the molecule is Cc1nc(CO)n2cc(F)ccc12.OCc1nc(I)c2ccc(F)cn12. The molecule has 9 heteroatoms. The predicted octanol–water partition coefficient (Wildman–Crippen LogP) is 2.84. The summed E-state index contributed by atoms with van der Waals surface area (Å²) >= 11 is 2.05. The van der Waals surface area contributed by atoms with Crippen LogP contribution in [0.4, 0.5) is 8.78 Å². The minimum Gasteiger partial charge on any atom is -0.388 e. The first-order chi connectivity index (χ1) is 12.4. The number of aliphatic hydroxyl groups excluding tert-OH is 2. The highest BCUT2D eigenvalue weighted by Crippen LogP contribution is 2.16. The van der Waals surface area contributed by atoms with Crippen LogP contribution in [0.25, 0.3) is 11.0 Å². The summed E-state index contributed by atoms with van der Waals surface area (Å²) < 4.78 is 29.5. The van der Waals surface area contributed by atoms with Crippen molar-refractivity contribution in [2.75, 3.05) is 0 Å². The summed E-state index contributed by atoms with van der Waals surface area (Å²) in [5, 5.41) is 17.9. The first kappa shape index (κ1) is 18.7. The van der Waals surface area contributed by atoms with Gasteiger partial charge in [0.15, 0.2) is 0 Å². The smallest absolute Gasteiger partial charge is 0.140 e. The fourth-order valence-corrected chi connectivity index (χ4v) is 3.31. The quantitative estimate of drug-likeness (QED) is 0.441. The molecule has 0 fully saturated rings. The molecule has 0 bridgehead atoms. The number of hydrogen-bond donors (Lipinski definition) is 2. The Balaban J connectivity index is 0.000000151. The lowest BCUT2D eigenvalue weighted by atomic mass is 10.3. The first-order valence-electron chi connectivity index (χ1n) is 7.61. The van der Waals surface area contributed by atoms with Gasteiger partial charge in [0.25, 0.3) is 0 Å². The molecule has 0 radical (unpaired) electrons. The van der Waals surface area contributed by atoms with E-state index < -0.39 is 0 Å². The molecule has 0 unspecified atom stereocenters. The van der Waals surface area contributed by atoms with Crippen LogP contribution in [0.3, 0.4) is 0 Å². The molecule has 0 saturated carbocycles. The van der Waals surface area contributed by atoms with E-state index in [-0.39, 0.29) is 24.8 Å². The molecule has 4 aromatic heterocycles. The Morgan fingerprint density at radius 2 is 1.38 bits per heavy atom. The summed E-state index contributed by atoms with van der Waals surface area (Å²) in [5.41, 5.74) is 2.43. The molecular weight excluding hydrogens is 457 g/mol. The van der Waals surface area contributed by atoms with Gasteiger partial charge in [-0.25, -0.2) is 18.7 Å². The fraction of sp³-hybridized carbons (Fsp3) is 0.176. The standard InChI is InChI=1S/C9H9FN2O.C8H6FIN2O/c1-6-8-3-2-7(10)4-12(8)9(5-13)11-6;9-5-1-2-6-8(10)11-7(4-13)12(6)3-5/h2-4,13H,5H2,1H3;1-3,13H,4H2. The predicted molar refractivity (Wildman–Crippen MR) is 99.6 cm³/mol. The zero-order valence-corrected chi connectivity index (χ0v) is 15.9. The van der Waals surface area contributed by atoms with Gasteiger partial charge in [0, 0.05) is 12.4 Å². The monoisotopic (exact) mass is 472 g/mol. The number of hydrogen-bond acceptors (Lipinski definition) is 4. The number of aromatic nitrogens is 4. The van der Waals surface area contributed by atoms with Crippen LogP contribution in [0.2, 0.25) is 0 Å². The third-order valence-electron chi connectivity index (χ3n) is 3.77. The average molecular weight is 472 g/mol. The number of halogens is 3. The van der Waals surface area contributed by atoms with E-state index in [9.17, 15) is 8.78 Å². The normalized spacial score (nSPS) is 11.0. The van der Waals surface area contributed by atoms with E-state index in [4.69, 9.17) is 10.2 Å². The summed E-state index contributed by atoms with van der Waals surface area (Å²) in [4.78, 5) is 8.18. The highest BCUT2D eigenvalue weighted by Gasteiger charge is 2.08. The topological polar surface area (TPSA) is 75.1 Å². The lowest BCUT2D eigenvalue weighted by molar-refractivity contribution is 0.270. The summed E-state index contributed by atoms with van der Waals surface area (Å²) in [7, 11) is 0. The molecule has 0 aliphatic rings. The van der Waals surface area contributed by atoms with Crippen molar-refractivity contribution in [3.63, 3.8) is 0 Å². The van der Waals surface area contributed by atoms with Crippen LogP contribution in [0.5, 0.6) is 0 Å². The van der Waals surface area contributed by atoms with E-state index in [1.54, 1.807) is 20.9 Å². The maximum Gasteiger partial charge on any atom is 0.140 e. The molecular formula is C17H15F2IN4O2. The Labute approximate surface area is 160 Å². The zero-order chi connectivity index (χ0) is 18.8. The number of aryl methyl sites for hydroxylation is 1. The third-order valence-corrected chi connectivity index (χ3v) is 4.56. The van der Waals surface area contributed by atoms with E-state index in [1.165, 1.54) is 24.5 Å². The molecule has 0 atom stereocenters. The van der Waals surface area contributed by atoms with Gasteiger partial charge in [-0.15, -0.1) is 0 Å². The van der Waals surface area contributed by atoms with Crippen molar-refractivity contribution in [1.29, 1.82) is 0 Å². The molecule has 0 aromatic carbocycles. The van der Waals surface area contributed by atoms with Crippen molar-refractivity contribution in [2.24, 2.45) is 0 Å². The van der Waals surface area contributed by atoms with Gasteiger partial charge in [0.1, 0.15) is 40.2 Å². The Morgan fingerprint density at radius 3 is 1.96 bits per heavy atom. The molecule has 0 spiro atoms. The van der Waals surface area contributed by atoms with Crippen molar-refractivity contribution < 1.29 is 19.0 Å². The van der Waals surface area contributed by atoms with Gasteiger partial charge < -0.3 is 10.2 Å². The zero-order valence-electron chi connectivity index (χ0n) is 13.7. The second-order valence-electron chi connectivity index (χ2n) is 5.45. The fourth-order valence-electron chi connectivity index (χ4n) is 2.59. The highest BCUT2D eigenvalue weighted by atomic mass is 127. The minimum atomic E-state index is -0.337. The van der Waals surface area contributed by atoms with Crippen LogP contribution < -0.4 is 0 Å². The summed E-state index contributed by atoms with van der Waals surface area (Å²) in [5.74, 6) is 0.251. The first-order valence-corrected chi connectivity index (χ1v) is 8.69. The maximum absolute atomic E-state index is 12.8. The van der Waals surface area contributed by atoms with Crippen LogP contribution in [-0.4, -0.2) is 29.0 Å². The number of fused-ring (bicyclic) bond motifs is 2. The van der Waals surface area contributed by atoms with Crippen LogP contribution in [0.1, 0.15) is 17.3 Å². The molecule has 4 aromatic rings.